The molecule has 0 bridgehead atoms. The summed E-state index contributed by atoms with van der Waals surface area (Å²) < 4.78 is 2.59. The molecule has 0 atom stereocenters. The summed E-state index contributed by atoms with van der Waals surface area (Å²) in [5, 5.41) is 4.37. The number of hydrogen-bond donors (Lipinski definition) is 1. The van der Waals surface area contributed by atoms with E-state index in [2.05, 4.69) is 34.9 Å². The molecule has 19 heavy (non-hydrogen) atoms. The van der Waals surface area contributed by atoms with Crippen molar-refractivity contribution in [2.45, 2.75) is 26.3 Å². The molecule has 0 radical (unpaired) electrons. The van der Waals surface area contributed by atoms with Crippen LogP contribution in [0.25, 0.3) is 0 Å². The molecule has 2 N–H and O–H groups in total. The zero-order chi connectivity index (χ0) is 14.0. The fourth-order valence-corrected chi connectivity index (χ4v) is 2.11. The smallest absolute Gasteiger partial charge is 0.168 e. The third-order valence-corrected chi connectivity index (χ3v) is 3.54. The van der Waals surface area contributed by atoms with Gasteiger partial charge in [0.05, 0.1) is 12.1 Å². The van der Waals surface area contributed by atoms with E-state index in [1.165, 1.54) is 0 Å². The van der Waals surface area contributed by atoms with Crippen LogP contribution in [0.2, 0.25) is 0 Å². The Morgan fingerprint density at radius 1 is 1.42 bits per heavy atom. The van der Waals surface area contributed by atoms with Crippen molar-refractivity contribution < 1.29 is 4.79 Å². The molecule has 0 aliphatic heterocycles. The first-order valence-electron chi connectivity index (χ1n) is 6.09. The number of nitrogens with two attached hydrogens (primary N) is 1. The Balaban J connectivity index is 2.13. The van der Waals surface area contributed by atoms with Crippen molar-refractivity contribution in [2.75, 3.05) is 5.73 Å². The molecule has 0 spiro atoms. The highest BCUT2D eigenvalue weighted by molar-refractivity contribution is 9.10. The first-order chi connectivity index (χ1) is 8.97. The fourth-order valence-electron chi connectivity index (χ4n) is 1.73. The summed E-state index contributed by atoms with van der Waals surface area (Å²) in [6.45, 7) is 4.10. The van der Waals surface area contributed by atoms with Gasteiger partial charge in [0.1, 0.15) is 0 Å². The Hall–Kier alpha value is -1.62. The quantitative estimate of drug-likeness (QED) is 0.694. The summed E-state index contributed by atoms with van der Waals surface area (Å²) in [7, 11) is 0. The lowest BCUT2D eigenvalue weighted by Crippen LogP contribution is -2.07. The highest BCUT2D eigenvalue weighted by atomic mass is 79.9. The molecule has 0 saturated heterocycles. The van der Waals surface area contributed by atoms with Gasteiger partial charge in [-0.3, -0.25) is 9.48 Å². The second-order valence-corrected chi connectivity index (χ2v) is 5.57. The molecular weight excluding hydrogens is 306 g/mol. The van der Waals surface area contributed by atoms with Crippen LogP contribution < -0.4 is 5.73 Å². The van der Waals surface area contributed by atoms with Crippen LogP contribution in [0.3, 0.4) is 0 Å². The number of nitrogens with zero attached hydrogens (tertiary/aromatic N) is 2. The average Bonchev–Trinajstić information content (AvgIpc) is 2.81. The molecule has 1 aromatic carbocycles. The lowest BCUT2D eigenvalue weighted by molar-refractivity contribution is 0.0991. The molecule has 5 heteroatoms. The molecule has 2 aromatic rings. The van der Waals surface area contributed by atoms with Crippen molar-refractivity contribution in [1.29, 1.82) is 0 Å². The first kappa shape index (κ1) is 13.8. The number of anilines is 1. The Kier molecular flexibility index (Phi) is 4.04. The second kappa shape index (κ2) is 5.57. The minimum Gasteiger partial charge on any atom is -0.398 e. The van der Waals surface area contributed by atoms with Gasteiger partial charge >= 0.3 is 0 Å². The minimum atomic E-state index is 0.0368. The summed E-state index contributed by atoms with van der Waals surface area (Å²) in [6, 6.07) is 7.39. The van der Waals surface area contributed by atoms with Gasteiger partial charge in [-0.15, -0.1) is 0 Å². The molecule has 0 fully saturated rings. The Morgan fingerprint density at radius 2 is 2.16 bits per heavy atom. The number of rotatable bonds is 4. The van der Waals surface area contributed by atoms with Gasteiger partial charge in [-0.2, -0.15) is 5.10 Å². The predicted octanol–water partition coefficient (Wildman–Crippen LogP) is 3.23. The molecule has 2 rings (SSSR count). The molecule has 1 heterocycles. The number of Topliss-reactive ketones (excluding diaryl/α,β-unsaturated/α-hetero) is 1. The molecule has 0 amide bonds. The van der Waals surface area contributed by atoms with Crippen LogP contribution in [0.1, 0.15) is 35.9 Å². The Bertz CT molecular complexity index is 604. The summed E-state index contributed by atoms with van der Waals surface area (Å²) in [5.41, 5.74) is 7.75. The monoisotopic (exact) mass is 321 g/mol. The minimum absolute atomic E-state index is 0.0368. The van der Waals surface area contributed by atoms with Gasteiger partial charge in [0.15, 0.2) is 5.78 Å². The molecule has 0 saturated carbocycles. The maximum absolute atomic E-state index is 12.1. The normalized spacial score (nSPS) is 10.9. The van der Waals surface area contributed by atoms with Crippen LogP contribution in [0, 0.1) is 0 Å². The van der Waals surface area contributed by atoms with Crippen LogP contribution >= 0.6 is 15.9 Å². The highest BCUT2D eigenvalue weighted by Crippen LogP contribution is 2.21. The van der Waals surface area contributed by atoms with Crippen LogP contribution in [0.4, 0.5) is 5.69 Å². The summed E-state index contributed by atoms with van der Waals surface area (Å²) >= 11 is 3.33. The average molecular weight is 322 g/mol. The van der Waals surface area contributed by atoms with Crippen molar-refractivity contribution in [3.8, 4) is 0 Å². The van der Waals surface area contributed by atoms with Crippen LogP contribution in [-0.4, -0.2) is 15.6 Å². The van der Waals surface area contributed by atoms with Gasteiger partial charge in [0, 0.05) is 28.0 Å². The number of carbonyl (C=O) groups is 1. The van der Waals surface area contributed by atoms with E-state index in [9.17, 15) is 4.79 Å². The largest absolute Gasteiger partial charge is 0.398 e. The maximum atomic E-state index is 12.1. The number of benzene rings is 1. The topological polar surface area (TPSA) is 60.9 Å². The summed E-state index contributed by atoms with van der Waals surface area (Å²) in [6.07, 6.45) is 2.20. The van der Waals surface area contributed by atoms with E-state index in [0.717, 1.165) is 10.2 Å². The van der Waals surface area contributed by atoms with Crippen molar-refractivity contribution >= 4 is 27.4 Å². The number of nitrogen functional groups attached to an aromatic ring is 1. The van der Waals surface area contributed by atoms with Gasteiger partial charge in [-0.05, 0) is 54.0 Å². The SMILES string of the molecule is CC(C)n1ccc(CC(=O)c2ccc(N)c(Br)c2)n1. The Labute approximate surface area is 120 Å². The van der Waals surface area contributed by atoms with Gasteiger partial charge < -0.3 is 5.73 Å². The van der Waals surface area contributed by atoms with Gasteiger partial charge in [-0.25, -0.2) is 0 Å². The fraction of sp³-hybridized carbons (Fsp3) is 0.286. The zero-order valence-electron chi connectivity index (χ0n) is 10.9. The predicted molar refractivity (Wildman–Crippen MR) is 79.2 cm³/mol. The molecular formula is C14H16BrN3O. The van der Waals surface area contributed by atoms with Crippen LogP contribution in [0.15, 0.2) is 34.9 Å². The van der Waals surface area contributed by atoms with E-state index in [0.29, 0.717) is 23.7 Å². The van der Waals surface area contributed by atoms with E-state index in [1.807, 2.05) is 16.9 Å². The highest BCUT2D eigenvalue weighted by Gasteiger charge is 2.11. The maximum Gasteiger partial charge on any atom is 0.168 e. The second-order valence-electron chi connectivity index (χ2n) is 4.72. The Morgan fingerprint density at radius 3 is 2.74 bits per heavy atom. The van der Waals surface area contributed by atoms with Gasteiger partial charge in [0.2, 0.25) is 0 Å². The van der Waals surface area contributed by atoms with E-state index >= 15 is 0 Å². The third kappa shape index (κ3) is 3.23. The lowest BCUT2D eigenvalue weighted by Gasteiger charge is -2.04. The van der Waals surface area contributed by atoms with Gasteiger partial charge in [-0.1, -0.05) is 0 Å². The first-order valence-corrected chi connectivity index (χ1v) is 6.89. The standard InChI is InChI=1S/C14H16BrN3O/c1-9(2)18-6-5-11(17-18)8-14(19)10-3-4-13(16)12(15)7-10/h3-7,9H,8,16H2,1-2H3. The third-order valence-electron chi connectivity index (χ3n) is 2.86. The molecule has 0 unspecified atom stereocenters. The number of aromatic nitrogens is 2. The number of hydrogen-bond acceptors (Lipinski definition) is 3. The van der Waals surface area contributed by atoms with Gasteiger partial charge in [0.25, 0.3) is 0 Å². The summed E-state index contributed by atoms with van der Waals surface area (Å²) in [4.78, 5) is 12.1. The van der Waals surface area contributed by atoms with Crippen LogP contribution in [-0.2, 0) is 6.42 Å². The molecule has 100 valence electrons. The lowest BCUT2D eigenvalue weighted by atomic mass is 10.1. The molecule has 0 aliphatic carbocycles. The van der Waals surface area contributed by atoms with Crippen LogP contribution in [0.5, 0.6) is 0 Å². The van der Waals surface area contributed by atoms with E-state index < -0.39 is 0 Å². The molecule has 4 nitrogen and oxygen atoms in total. The number of halogens is 1. The molecule has 1 aromatic heterocycles. The van der Waals surface area contributed by atoms with E-state index in [1.54, 1.807) is 18.2 Å². The van der Waals surface area contributed by atoms with Crippen molar-refractivity contribution in [3.63, 3.8) is 0 Å². The summed E-state index contributed by atoms with van der Waals surface area (Å²) in [5.74, 6) is 0.0368. The van der Waals surface area contributed by atoms with E-state index in [4.69, 9.17) is 5.73 Å². The van der Waals surface area contributed by atoms with Crippen molar-refractivity contribution in [3.05, 3.63) is 46.2 Å². The molecule has 0 aliphatic rings. The van der Waals surface area contributed by atoms with Crippen molar-refractivity contribution in [1.82, 2.24) is 9.78 Å². The van der Waals surface area contributed by atoms with E-state index in [-0.39, 0.29) is 5.78 Å². The van der Waals surface area contributed by atoms with Crippen molar-refractivity contribution in [2.24, 2.45) is 0 Å². The number of carbonyl (C=O) groups excluding carboxylic acids is 1. The zero-order valence-corrected chi connectivity index (χ0v) is 12.5. The number of ketones is 1.